The molecular formula is C21H15N3O4. The summed E-state index contributed by atoms with van der Waals surface area (Å²) in [6.45, 7) is 1.54. The fourth-order valence-electron chi connectivity index (χ4n) is 2.83. The zero-order valence-corrected chi connectivity index (χ0v) is 15.0. The predicted molar refractivity (Wildman–Crippen MR) is 98.5 cm³/mol. The summed E-state index contributed by atoms with van der Waals surface area (Å²) in [5.41, 5.74) is 1.54. The van der Waals surface area contributed by atoms with E-state index in [1.165, 1.54) is 6.26 Å². The van der Waals surface area contributed by atoms with Gasteiger partial charge < -0.3 is 13.6 Å². The fourth-order valence-corrected chi connectivity index (χ4v) is 2.83. The molecule has 1 aromatic carbocycles. The summed E-state index contributed by atoms with van der Waals surface area (Å²) in [6, 6.07) is 15.0. The molecule has 138 valence electrons. The first kappa shape index (κ1) is 17.4. The number of aryl methyl sites for hydroxylation is 1. The van der Waals surface area contributed by atoms with E-state index in [1.807, 2.05) is 36.4 Å². The highest BCUT2D eigenvalue weighted by Crippen LogP contribution is 2.26. The van der Waals surface area contributed by atoms with Crippen molar-refractivity contribution in [2.75, 3.05) is 0 Å². The molecule has 7 heteroatoms. The number of nitriles is 1. The number of ether oxygens (including phenoxy) is 1. The largest absolute Gasteiger partial charge is 0.455 e. The first-order valence-corrected chi connectivity index (χ1v) is 8.51. The number of hydrogen-bond donors (Lipinski definition) is 0. The van der Waals surface area contributed by atoms with E-state index >= 15 is 0 Å². The maximum Gasteiger partial charge on any atom is 0.343 e. The number of esters is 1. The van der Waals surface area contributed by atoms with E-state index in [0.717, 1.165) is 5.56 Å². The maximum atomic E-state index is 12.6. The second-order valence-corrected chi connectivity index (χ2v) is 6.00. The summed E-state index contributed by atoms with van der Waals surface area (Å²) in [4.78, 5) is 16.9. The van der Waals surface area contributed by atoms with Gasteiger partial charge in [-0.05, 0) is 31.2 Å². The van der Waals surface area contributed by atoms with Gasteiger partial charge in [0.1, 0.15) is 41.5 Å². The Morgan fingerprint density at radius 3 is 2.68 bits per heavy atom. The molecule has 0 spiro atoms. The number of carbonyl (C=O) groups excluding carboxylic acids is 1. The molecule has 3 heterocycles. The Morgan fingerprint density at radius 1 is 1.21 bits per heavy atom. The molecule has 0 aliphatic heterocycles. The molecule has 0 aliphatic rings. The van der Waals surface area contributed by atoms with Gasteiger partial charge >= 0.3 is 5.97 Å². The number of nitrogens with zero attached hydrogens (tertiary/aromatic N) is 3. The zero-order chi connectivity index (χ0) is 19.5. The van der Waals surface area contributed by atoms with E-state index in [2.05, 4.69) is 4.98 Å². The number of benzene rings is 1. The van der Waals surface area contributed by atoms with Gasteiger partial charge in [-0.2, -0.15) is 5.26 Å². The molecule has 0 unspecified atom stereocenters. The average molecular weight is 373 g/mol. The van der Waals surface area contributed by atoms with Crippen LogP contribution in [-0.4, -0.2) is 15.5 Å². The number of aromatic nitrogens is 2. The van der Waals surface area contributed by atoms with E-state index in [-0.39, 0.29) is 23.6 Å². The summed E-state index contributed by atoms with van der Waals surface area (Å²) in [5, 5.41) is 9.52. The molecule has 0 atom stereocenters. The molecule has 4 rings (SSSR count). The summed E-state index contributed by atoms with van der Waals surface area (Å²) in [6.07, 6.45) is 4.90. The third-order valence-electron chi connectivity index (χ3n) is 4.14. The Labute approximate surface area is 160 Å². The van der Waals surface area contributed by atoms with Crippen molar-refractivity contribution < 1.29 is 18.4 Å². The smallest absolute Gasteiger partial charge is 0.343 e. The van der Waals surface area contributed by atoms with Crippen molar-refractivity contribution in [2.45, 2.75) is 13.5 Å². The average Bonchev–Trinajstić information content (AvgIpc) is 3.46. The van der Waals surface area contributed by atoms with Crippen molar-refractivity contribution in [3.8, 4) is 23.4 Å². The lowest BCUT2D eigenvalue weighted by Crippen LogP contribution is -2.08. The van der Waals surface area contributed by atoms with Gasteiger partial charge in [0.05, 0.1) is 0 Å². The molecule has 0 saturated carbocycles. The molecule has 3 aromatic heterocycles. The Bertz CT molecular complexity index is 1150. The fraction of sp³-hybridized carbons (Fsp3) is 0.0952. The van der Waals surface area contributed by atoms with Crippen molar-refractivity contribution in [1.29, 1.82) is 5.26 Å². The van der Waals surface area contributed by atoms with Crippen molar-refractivity contribution >= 4 is 5.97 Å². The van der Waals surface area contributed by atoms with Crippen LogP contribution in [0.1, 0.15) is 27.4 Å². The first-order valence-electron chi connectivity index (χ1n) is 8.51. The lowest BCUT2D eigenvalue weighted by molar-refractivity contribution is 0.0465. The summed E-state index contributed by atoms with van der Waals surface area (Å²) in [5.74, 6) is 0.388. The summed E-state index contributed by atoms with van der Waals surface area (Å²) in [7, 11) is 0. The van der Waals surface area contributed by atoms with E-state index < -0.39 is 5.97 Å². The van der Waals surface area contributed by atoms with Crippen LogP contribution in [0.4, 0.5) is 0 Å². The normalized spacial score (nSPS) is 10.6. The third-order valence-corrected chi connectivity index (χ3v) is 4.14. The molecule has 4 aromatic rings. The summed E-state index contributed by atoms with van der Waals surface area (Å²) < 4.78 is 18.0. The third kappa shape index (κ3) is 3.19. The number of rotatable bonds is 5. The quantitative estimate of drug-likeness (QED) is 0.485. The number of oxazole rings is 1. The second kappa shape index (κ2) is 7.29. The minimum absolute atomic E-state index is 0.0799. The van der Waals surface area contributed by atoms with Crippen LogP contribution in [0.2, 0.25) is 0 Å². The van der Waals surface area contributed by atoms with Crippen LogP contribution in [0.5, 0.6) is 0 Å². The van der Waals surface area contributed by atoms with Gasteiger partial charge in [0.2, 0.25) is 11.8 Å². The number of hydrogen-bond acceptors (Lipinski definition) is 6. The highest BCUT2D eigenvalue weighted by Gasteiger charge is 2.26. The van der Waals surface area contributed by atoms with Crippen molar-refractivity contribution in [2.24, 2.45) is 0 Å². The molecular weight excluding hydrogens is 358 g/mol. The molecule has 0 radical (unpaired) electrons. The zero-order valence-electron chi connectivity index (χ0n) is 15.0. The molecule has 0 N–H and O–H groups in total. The van der Waals surface area contributed by atoms with Crippen LogP contribution >= 0.6 is 0 Å². The van der Waals surface area contributed by atoms with E-state index in [9.17, 15) is 10.1 Å². The molecule has 0 bridgehead atoms. The van der Waals surface area contributed by atoms with E-state index in [0.29, 0.717) is 17.3 Å². The predicted octanol–water partition coefficient (Wildman–Crippen LogP) is 4.26. The highest BCUT2D eigenvalue weighted by molar-refractivity contribution is 5.94. The molecule has 7 nitrogen and oxygen atoms in total. The van der Waals surface area contributed by atoms with Crippen LogP contribution < -0.4 is 0 Å². The van der Waals surface area contributed by atoms with Crippen LogP contribution in [0.3, 0.4) is 0 Å². The minimum Gasteiger partial charge on any atom is -0.455 e. The van der Waals surface area contributed by atoms with Crippen LogP contribution in [0.25, 0.3) is 17.3 Å². The molecule has 28 heavy (non-hydrogen) atoms. The summed E-state index contributed by atoms with van der Waals surface area (Å²) >= 11 is 0. The molecule has 0 amide bonds. The van der Waals surface area contributed by atoms with Crippen LogP contribution in [0.15, 0.2) is 70.0 Å². The van der Waals surface area contributed by atoms with Crippen molar-refractivity contribution in [3.63, 3.8) is 0 Å². The maximum absolute atomic E-state index is 12.6. The Hall–Kier alpha value is -4.05. The lowest BCUT2D eigenvalue weighted by Gasteiger charge is -2.02. The first-order chi connectivity index (χ1) is 13.7. The van der Waals surface area contributed by atoms with Gasteiger partial charge in [-0.1, -0.05) is 18.2 Å². The second-order valence-electron chi connectivity index (χ2n) is 6.00. The van der Waals surface area contributed by atoms with E-state index in [4.69, 9.17) is 13.6 Å². The van der Waals surface area contributed by atoms with Gasteiger partial charge in [-0.25, -0.2) is 9.78 Å². The van der Waals surface area contributed by atoms with Crippen LogP contribution in [0, 0.1) is 18.3 Å². The monoisotopic (exact) mass is 373 g/mol. The Morgan fingerprint density at radius 2 is 1.96 bits per heavy atom. The topological polar surface area (TPSA) is 94.2 Å². The number of carbonyl (C=O) groups is 1. The van der Waals surface area contributed by atoms with Gasteiger partial charge in [0, 0.05) is 18.0 Å². The SMILES string of the molecule is Cc1oc(-n2cccc2)c(C#N)c1C(=O)OCc1coc(-c2ccccc2)n1. The molecule has 0 saturated heterocycles. The lowest BCUT2D eigenvalue weighted by atomic mass is 10.1. The Balaban J connectivity index is 1.52. The molecule has 0 fully saturated rings. The Kier molecular flexibility index (Phi) is 4.52. The van der Waals surface area contributed by atoms with Gasteiger partial charge in [-0.3, -0.25) is 4.57 Å². The molecule has 0 aliphatic carbocycles. The number of furan rings is 1. The van der Waals surface area contributed by atoms with Crippen molar-refractivity contribution in [3.05, 3.63) is 83.7 Å². The van der Waals surface area contributed by atoms with Gasteiger partial charge in [0.15, 0.2) is 0 Å². The minimum atomic E-state index is -0.652. The highest BCUT2D eigenvalue weighted by atomic mass is 16.5. The van der Waals surface area contributed by atoms with Crippen molar-refractivity contribution in [1.82, 2.24) is 9.55 Å². The standard InChI is InChI=1S/C21H15N3O4/c1-14-18(17(11-22)20(28-14)24-9-5-6-10-24)21(25)27-13-16-12-26-19(23-16)15-7-3-2-4-8-15/h2-10,12H,13H2,1H3. The van der Waals surface area contributed by atoms with Crippen LogP contribution in [-0.2, 0) is 11.3 Å². The van der Waals surface area contributed by atoms with Gasteiger partial charge in [0.25, 0.3) is 0 Å². The van der Waals surface area contributed by atoms with Gasteiger partial charge in [-0.15, -0.1) is 0 Å². The van der Waals surface area contributed by atoms with E-state index in [1.54, 1.807) is 36.0 Å².